The van der Waals surface area contributed by atoms with Crippen LogP contribution in [0.2, 0.25) is 0 Å². The van der Waals surface area contributed by atoms with Crippen molar-refractivity contribution in [2.24, 2.45) is 0 Å². The van der Waals surface area contributed by atoms with E-state index in [9.17, 15) is 9.59 Å². The van der Waals surface area contributed by atoms with Gasteiger partial charge in [0.15, 0.2) is 0 Å². The van der Waals surface area contributed by atoms with Gasteiger partial charge in [-0.05, 0) is 37.6 Å². The van der Waals surface area contributed by atoms with Crippen molar-refractivity contribution in [1.82, 2.24) is 10.2 Å². The van der Waals surface area contributed by atoms with Crippen LogP contribution in [-0.4, -0.2) is 22.6 Å². The maximum absolute atomic E-state index is 12.3. The Bertz CT molecular complexity index is 629. The molecule has 0 saturated carbocycles. The van der Waals surface area contributed by atoms with Gasteiger partial charge in [-0.3, -0.25) is 9.59 Å². The zero-order valence-corrected chi connectivity index (χ0v) is 10.9. The number of anilines is 1. The van der Waals surface area contributed by atoms with Crippen LogP contribution >= 0.6 is 0 Å². The van der Waals surface area contributed by atoms with E-state index in [2.05, 4.69) is 10.2 Å². The minimum Gasteiger partial charge on any atom is -0.307 e. The Balaban J connectivity index is 2.34. The molecule has 0 unspecified atom stereocenters. The number of aromatic amines is 1. The quantitative estimate of drug-likeness (QED) is 0.910. The largest absolute Gasteiger partial charge is 0.307 e. The standard InChI is InChI=1S/C14H15N3O2/c1-3-17(11-6-4-5-10(2)9-11)14(19)12-7-8-13(18)16-15-12/h4-9H,3H2,1-2H3,(H,16,18). The van der Waals surface area contributed by atoms with Gasteiger partial charge in [0.2, 0.25) is 0 Å². The summed E-state index contributed by atoms with van der Waals surface area (Å²) in [4.78, 5) is 24.9. The normalized spacial score (nSPS) is 10.2. The molecule has 0 aliphatic carbocycles. The van der Waals surface area contributed by atoms with Crippen molar-refractivity contribution in [2.45, 2.75) is 13.8 Å². The lowest BCUT2D eigenvalue weighted by atomic mass is 10.2. The topological polar surface area (TPSA) is 66.1 Å². The minimum atomic E-state index is -0.324. The molecule has 1 amide bonds. The van der Waals surface area contributed by atoms with E-state index in [1.54, 1.807) is 4.90 Å². The fourth-order valence-electron chi connectivity index (χ4n) is 1.84. The van der Waals surface area contributed by atoms with Gasteiger partial charge in [0, 0.05) is 18.3 Å². The molecular weight excluding hydrogens is 242 g/mol. The van der Waals surface area contributed by atoms with Gasteiger partial charge in [-0.1, -0.05) is 12.1 Å². The molecular formula is C14H15N3O2. The first kappa shape index (κ1) is 13.0. The Morgan fingerprint density at radius 3 is 2.68 bits per heavy atom. The van der Waals surface area contributed by atoms with Crippen LogP contribution in [0.15, 0.2) is 41.2 Å². The average Bonchev–Trinajstić information content (AvgIpc) is 2.40. The van der Waals surface area contributed by atoms with Crippen LogP contribution in [0.1, 0.15) is 23.0 Å². The number of hydrogen-bond donors (Lipinski definition) is 1. The Hall–Kier alpha value is -2.43. The third kappa shape index (κ3) is 2.88. The van der Waals surface area contributed by atoms with Crippen LogP contribution in [0.3, 0.4) is 0 Å². The Labute approximate surface area is 110 Å². The van der Waals surface area contributed by atoms with E-state index in [1.807, 2.05) is 38.1 Å². The fourth-order valence-corrected chi connectivity index (χ4v) is 1.84. The van der Waals surface area contributed by atoms with Crippen molar-refractivity contribution in [2.75, 3.05) is 11.4 Å². The number of aromatic nitrogens is 2. The summed E-state index contributed by atoms with van der Waals surface area (Å²) >= 11 is 0. The van der Waals surface area contributed by atoms with Crippen molar-refractivity contribution < 1.29 is 4.79 Å². The van der Waals surface area contributed by atoms with Gasteiger partial charge in [0.1, 0.15) is 5.69 Å². The lowest BCUT2D eigenvalue weighted by molar-refractivity contribution is 0.0982. The van der Waals surface area contributed by atoms with E-state index < -0.39 is 0 Å². The number of benzene rings is 1. The highest BCUT2D eigenvalue weighted by atomic mass is 16.2. The molecule has 1 aromatic carbocycles. The van der Waals surface area contributed by atoms with Gasteiger partial charge in [-0.15, -0.1) is 0 Å². The molecule has 0 fully saturated rings. The zero-order valence-electron chi connectivity index (χ0n) is 10.9. The van der Waals surface area contributed by atoms with E-state index in [0.29, 0.717) is 6.54 Å². The summed E-state index contributed by atoms with van der Waals surface area (Å²) in [5.74, 6) is -0.232. The Morgan fingerprint density at radius 1 is 1.32 bits per heavy atom. The lowest BCUT2D eigenvalue weighted by Gasteiger charge is -2.20. The van der Waals surface area contributed by atoms with Crippen LogP contribution in [0.25, 0.3) is 0 Å². The second kappa shape index (κ2) is 5.48. The zero-order chi connectivity index (χ0) is 13.8. The van der Waals surface area contributed by atoms with Gasteiger partial charge >= 0.3 is 0 Å². The molecule has 19 heavy (non-hydrogen) atoms. The molecule has 1 N–H and O–H groups in total. The molecule has 2 rings (SSSR count). The van der Waals surface area contributed by atoms with Crippen LogP contribution in [0.5, 0.6) is 0 Å². The molecule has 0 atom stereocenters. The summed E-state index contributed by atoms with van der Waals surface area (Å²) in [6.07, 6.45) is 0. The lowest BCUT2D eigenvalue weighted by Crippen LogP contribution is -2.32. The molecule has 0 aliphatic rings. The van der Waals surface area contributed by atoms with Gasteiger partial charge < -0.3 is 4.90 Å². The second-order valence-electron chi connectivity index (χ2n) is 4.19. The third-order valence-electron chi connectivity index (χ3n) is 2.77. The number of carbonyl (C=O) groups excluding carboxylic acids is 1. The smallest absolute Gasteiger partial charge is 0.278 e. The number of H-pyrrole nitrogens is 1. The highest BCUT2D eigenvalue weighted by Gasteiger charge is 2.17. The number of nitrogens with zero attached hydrogens (tertiary/aromatic N) is 2. The molecule has 0 saturated heterocycles. The van der Waals surface area contributed by atoms with Crippen LogP contribution in [0.4, 0.5) is 5.69 Å². The Morgan fingerprint density at radius 2 is 2.11 bits per heavy atom. The fraction of sp³-hybridized carbons (Fsp3) is 0.214. The van der Waals surface area contributed by atoms with E-state index in [0.717, 1.165) is 11.3 Å². The van der Waals surface area contributed by atoms with Crippen molar-refractivity contribution in [3.8, 4) is 0 Å². The molecule has 0 aliphatic heterocycles. The number of amides is 1. The van der Waals surface area contributed by atoms with Crippen molar-refractivity contribution in [1.29, 1.82) is 0 Å². The number of nitrogens with one attached hydrogen (secondary N) is 1. The summed E-state index contributed by atoms with van der Waals surface area (Å²) in [6, 6.07) is 10.4. The van der Waals surface area contributed by atoms with Crippen molar-refractivity contribution in [3.63, 3.8) is 0 Å². The maximum Gasteiger partial charge on any atom is 0.278 e. The highest BCUT2D eigenvalue weighted by molar-refractivity contribution is 6.04. The van der Waals surface area contributed by atoms with E-state index >= 15 is 0 Å². The van der Waals surface area contributed by atoms with Crippen LogP contribution in [-0.2, 0) is 0 Å². The number of aryl methyl sites for hydroxylation is 1. The molecule has 0 radical (unpaired) electrons. The molecule has 0 bridgehead atoms. The number of rotatable bonds is 3. The molecule has 1 heterocycles. The summed E-state index contributed by atoms with van der Waals surface area (Å²) in [5.41, 5.74) is 1.80. The molecule has 5 nitrogen and oxygen atoms in total. The van der Waals surface area contributed by atoms with Gasteiger partial charge in [0.05, 0.1) is 0 Å². The summed E-state index contributed by atoms with van der Waals surface area (Å²) in [6.45, 7) is 4.40. The monoisotopic (exact) mass is 257 g/mol. The first-order valence-electron chi connectivity index (χ1n) is 6.06. The van der Waals surface area contributed by atoms with Gasteiger partial charge in [-0.2, -0.15) is 5.10 Å². The third-order valence-corrected chi connectivity index (χ3v) is 2.77. The summed E-state index contributed by atoms with van der Waals surface area (Å²) < 4.78 is 0. The van der Waals surface area contributed by atoms with E-state index in [4.69, 9.17) is 0 Å². The summed E-state index contributed by atoms with van der Waals surface area (Å²) in [5, 5.41) is 6.04. The van der Waals surface area contributed by atoms with Crippen molar-refractivity contribution in [3.05, 3.63) is 58.0 Å². The summed E-state index contributed by atoms with van der Waals surface area (Å²) in [7, 11) is 0. The van der Waals surface area contributed by atoms with Crippen LogP contribution < -0.4 is 10.5 Å². The van der Waals surface area contributed by atoms with Gasteiger partial charge in [-0.25, -0.2) is 5.10 Å². The number of carbonyl (C=O) groups is 1. The molecule has 98 valence electrons. The molecule has 5 heteroatoms. The first-order valence-corrected chi connectivity index (χ1v) is 6.06. The van der Waals surface area contributed by atoms with E-state index in [1.165, 1.54) is 12.1 Å². The predicted octanol–water partition coefficient (Wildman–Crippen LogP) is 1.75. The minimum absolute atomic E-state index is 0.225. The van der Waals surface area contributed by atoms with Crippen molar-refractivity contribution >= 4 is 11.6 Å². The molecule has 1 aromatic heterocycles. The SMILES string of the molecule is CCN(C(=O)c1ccc(=O)[nH]n1)c1cccc(C)c1. The van der Waals surface area contributed by atoms with E-state index in [-0.39, 0.29) is 17.2 Å². The Kier molecular flexibility index (Phi) is 3.75. The highest BCUT2D eigenvalue weighted by Crippen LogP contribution is 2.17. The first-order chi connectivity index (χ1) is 9.11. The molecule has 2 aromatic rings. The predicted molar refractivity (Wildman–Crippen MR) is 73.4 cm³/mol. The number of hydrogen-bond acceptors (Lipinski definition) is 3. The second-order valence-corrected chi connectivity index (χ2v) is 4.19. The average molecular weight is 257 g/mol. The maximum atomic E-state index is 12.3. The molecule has 0 spiro atoms. The van der Waals surface area contributed by atoms with Crippen LogP contribution in [0, 0.1) is 6.92 Å². The van der Waals surface area contributed by atoms with Gasteiger partial charge in [0.25, 0.3) is 11.5 Å².